The first-order chi connectivity index (χ1) is 9.94. The van der Waals surface area contributed by atoms with Crippen LogP contribution in [0.15, 0.2) is 30.3 Å². The number of carboxylic acid groups (broad SMARTS) is 1. The molecule has 1 aromatic carbocycles. The molecule has 0 heterocycles. The van der Waals surface area contributed by atoms with Gasteiger partial charge in [-0.25, -0.2) is 4.79 Å². The number of aliphatic carboxylic acids is 1. The monoisotopic (exact) mass is 290 g/mol. The van der Waals surface area contributed by atoms with E-state index < -0.39 is 11.4 Å². The van der Waals surface area contributed by atoms with Crippen LogP contribution in [0.4, 0.5) is 4.79 Å². The molecule has 0 radical (unpaired) electrons. The molecule has 2 amide bonds. The second-order valence-corrected chi connectivity index (χ2v) is 5.95. The number of nitrogens with zero attached hydrogens (tertiary/aromatic N) is 1. The minimum atomic E-state index is -0.818. The number of hydrogen-bond acceptors (Lipinski definition) is 2. The van der Waals surface area contributed by atoms with Crippen molar-refractivity contribution >= 4 is 12.0 Å². The van der Waals surface area contributed by atoms with E-state index in [1.807, 2.05) is 44.2 Å². The largest absolute Gasteiger partial charge is 0.481 e. The number of carbonyl (C=O) groups is 2. The fraction of sp³-hybridized carbons (Fsp3) is 0.500. The molecule has 0 aromatic heterocycles. The van der Waals surface area contributed by atoms with Gasteiger partial charge in [-0.05, 0) is 32.3 Å². The van der Waals surface area contributed by atoms with E-state index in [2.05, 4.69) is 5.32 Å². The molecule has 0 unspecified atom stereocenters. The van der Waals surface area contributed by atoms with Crippen molar-refractivity contribution in [3.8, 4) is 0 Å². The third-order valence-electron chi connectivity index (χ3n) is 3.97. The average molecular weight is 290 g/mol. The van der Waals surface area contributed by atoms with Crippen molar-refractivity contribution in [2.75, 3.05) is 6.54 Å². The van der Waals surface area contributed by atoms with Crippen LogP contribution < -0.4 is 5.32 Å². The highest BCUT2D eigenvalue weighted by molar-refractivity contribution is 5.80. The number of carboxylic acids is 1. The fourth-order valence-electron chi connectivity index (χ4n) is 2.23. The van der Waals surface area contributed by atoms with Crippen LogP contribution in [0.5, 0.6) is 0 Å². The summed E-state index contributed by atoms with van der Waals surface area (Å²) >= 11 is 0. The molecule has 1 saturated carbocycles. The van der Waals surface area contributed by atoms with Gasteiger partial charge in [-0.15, -0.1) is 0 Å². The van der Waals surface area contributed by atoms with Crippen molar-refractivity contribution < 1.29 is 14.7 Å². The molecule has 0 bridgehead atoms. The van der Waals surface area contributed by atoms with Gasteiger partial charge in [0.05, 0.1) is 5.41 Å². The third kappa shape index (κ3) is 3.74. The van der Waals surface area contributed by atoms with Crippen molar-refractivity contribution in [2.45, 2.75) is 39.3 Å². The highest BCUT2D eigenvalue weighted by Crippen LogP contribution is 2.45. The Morgan fingerprint density at radius 1 is 1.29 bits per heavy atom. The maximum Gasteiger partial charge on any atom is 0.317 e. The van der Waals surface area contributed by atoms with Gasteiger partial charge in [0.2, 0.25) is 0 Å². The fourth-order valence-corrected chi connectivity index (χ4v) is 2.23. The lowest BCUT2D eigenvalue weighted by Crippen LogP contribution is -2.46. The van der Waals surface area contributed by atoms with Crippen LogP contribution in [0, 0.1) is 5.41 Å². The van der Waals surface area contributed by atoms with Crippen LogP contribution in [-0.4, -0.2) is 34.6 Å². The first kappa shape index (κ1) is 15.4. The van der Waals surface area contributed by atoms with Crippen molar-refractivity contribution in [1.82, 2.24) is 10.2 Å². The lowest BCUT2D eigenvalue weighted by Gasteiger charge is -2.27. The van der Waals surface area contributed by atoms with Gasteiger partial charge in [0.15, 0.2) is 0 Å². The van der Waals surface area contributed by atoms with E-state index in [0.29, 0.717) is 19.4 Å². The molecule has 0 atom stereocenters. The summed E-state index contributed by atoms with van der Waals surface area (Å²) in [5, 5.41) is 11.9. The Hall–Kier alpha value is -2.04. The molecular weight excluding hydrogens is 268 g/mol. The molecule has 2 rings (SSSR count). The van der Waals surface area contributed by atoms with Gasteiger partial charge in [-0.3, -0.25) is 4.79 Å². The predicted octanol–water partition coefficient (Wildman–Crippen LogP) is 2.47. The minimum absolute atomic E-state index is 0.0465. The number of hydrogen-bond donors (Lipinski definition) is 2. The van der Waals surface area contributed by atoms with Crippen LogP contribution in [0.25, 0.3) is 0 Å². The van der Waals surface area contributed by atoms with Crippen LogP contribution in [-0.2, 0) is 11.3 Å². The Labute approximate surface area is 125 Å². The number of rotatable bonds is 6. The normalized spacial score (nSPS) is 15.6. The Morgan fingerprint density at radius 3 is 2.38 bits per heavy atom. The molecular formula is C16H22N2O3. The molecule has 1 fully saturated rings. The van der Waals surface area contributed by atoms with E-state index in [1.165, 1.54) is 0 Å². The lowest BCUT2D eigenvalue weighted by molar-refractivity contribution is -0.143. The van der Waals surface area contributed by atoms with Crippen molar-refractivity contribution in [1.29, 1.82) is 0 Å². The summed E-state index contributed by atoms with van der Waals surface area (Å²) in [5.74, 6) is -0.818. The Balaban J connectivity index is 1.95. The summed E-state index contributed by atoms with van der Waals surface area (Å²) in [7, 11) is 0. The van der Waals surface area contributed by atoms with E-state index in [4.69, 9.17) is 5.11 Å². The van der Waals surface area contributed by atoms with E-state index in [9.17, 15) is 9.59 Å². The van der Waals surface area contributed by atoms with E-state index in [1.54, 1.807) is 4.90 Å². The lowest BCUT2D eigenvalue weighted by atomic mass is 10.1. The molecule has 1 aromatic rings. The zero-order chi connectivity index (χ0) is 15.5. The van der Waals surface area contributed by atoms with E-state index in [0.717, 1.165) is 5.56 Å². The SMILES string of the molecule is CC(C)N(Cc1ccccc1)C(=O)NCC1(C(=O)O)CC1. The maximum absolute atomic E-state index is 12.3. The number of urea groups is 1. The summed E-state index contributed by atoms with van der Waals surface area (Å²) in [4.78, 5) is 25.1. The van der Waals surface area contributed by atoms with Gasteiger partial charge in [-0.1, -0.05) is 30.3 Å². The third-order valence-corrected chi connectivity index (χ3v) is 3.97. The molecule has 5 heteroatoms. The number of benzene rings is 1. The molecule has 21 heavy (non-hydrogen) atoms. The summed E-state index contributed by atoms with van der Waals surface area (Å²) in [6.45, 7) is 4.63. The Morgan fingerprint density at radius 2 is 1.90 bits per heavy atom. The van der Waals surface area contributed by atoms with Gasteiger partial charge < -0.3 is 15.3 Å². The molecule has 1 aliphatic rings. The summed E-state index contributed by atoms with van der Waals surface area (Å²) in [6.07, 6.45) is 1.28. The standard InChI is InChI=1S/C16H22N2O3/c1-12(2)18(10-13-6-4-3-5-7-13)15(21)17-11-16(8-9-16)14(19)20/h3-7,12H,8-11H2,1-2H3,(H,17,21)(H,19,20). The molecule has 5 nitrogen and oxygen atoms in total. The Bertz CT molecular complexity index is 510. The highest BCUT2D eigenvalue weighted by atomic mass is 16.4. The van der Waals surface area contributed by atoms with Crippen LogP contribution in [0.1, 0.15) is 32.3 Å². The number of carbonyl (C=O) groups excluding carboxylic acids is 1. The van der Waals surface area contributed by atoms with Crippen molar-refractivity contribution in [3.63, 3.8) is 0 Å². The van der Waals surface area contributed by atoms with Gasteiger partial charge in [-0.2, -0.15) is 0 Å². The van der Waals surface area contributed by atoms with Gasteiger partial charge >= 0.3 is 12.0 Å². The molecule has 0 spiro atoms. The second kappa shape index (κ2) is 6.16. The molecule has 0 saturated heterocycles. The van der Waals surface area contributed by atoms with Crippen LogP contribution in [0.2, 0.25) is 0 Å². The van der Waals surface area contributed by atoms with E-state index in [-0.39, 0.29) is 18.6 Å². The quantitative estimate of drug-likeness (QED) is 0.845. The summed E-state index contributed by atoms with van der Waals surface area (Å²) in [6, 6.07) is 9.61. The molecule has 2 N–H and O–H groups in total. The zero-order valence-corrected chi connectivity index (χ0v) is 12.5. The van der Waals surface area contributed by atoms with Gasteiger partial charge in [0, 0.05) is 19.1 Å². The van der Waals surface area contributed by atoms with E-state index >= 15 is 0 Å². The summed E-state index contributed by atoms with van der Waals surface area (Å²) < 4.78 is 0. The van der Waals surface area contributed by atoms with Gasteiger partial charge in [0.25, 0.3) is 0 Å². The predicted molar refractivity (Wildman–Crippen MR) is 79.8 cm³/mol. The van der Waals surface area contributed by atoms with Crippen molar-refractivity contribution in [3.05, 3.63) is 35.9 Å². The molecule has 114 valence electrons. The second-order valence-electron chi connectivity index (χ2n) is 5.95. The van der Waals surface area contributed by atoms with Crippen molar-refractivity contribution in [2.24, 2.45) is 5.41 Å². The first-order valence-electron chi connectivity index (χ1n) is 7.26. The van der Waals surface area contributed by atoms with Crippen LogP contribution >= 0.6 is 0 Å². The number of nitrogens with one attached hydrogen (secondary N) is 1. The zero-order valence-electron chi connectivity index (χ0n) is 12.5. The summed E-state index contributed by atoms with van der Waals surface area (Å²) in [5.41, 5.74) is 0.325. The molecule has 1 aliphatic carbocycles. The Kier molecular flexibility index (Phi) is 4.50. The first-order valence-corrected chi connectivity index (χ1v) is 7.26. The topological polar surface area (TPSA) is 69.6 Å². The maximum atomic E-state index is 12.3. The minimum Gasteiger partial charge on any atom is -0.481 e. The highest BCUT2D eigenvalue weighted by Gasteiger charge is 2.50. The average Bonchev–Trinajstić information content (AvgIpc) is 3.24. The number of amides is 2. The van der Waals surface area contributed by atoms with Gasteiger partial charge in [0.1, 0.15) is 0 Å². The van der Waals surface area contributed by atoms with Crippen LogP contribution in [0.3, 0.4) is 0 Å². The smallest absolute Gasteiger partial charge is 0.317 e. The molecule has 0 aliphatic heterocycles.